The summed E-state index contributed by atoms with van der Waals surface area (Å²) < 4.78 is 1.04. The van der Waals surface area contributed by atoms with Crippen LogP contribution in [0.4, 0.5) is 0 Å². The van der Waals surface area contributed by atoms with E-state index in [-0.39, 0.29) is 5.91 Å². The quantitative estimate of drug-likeness (QED) is 0.882. The zero-order valence-electron chi connectivity index (χ0n) is 9.00. The van der Waals surface area contributed by atoms with Gasteiger partial charge in [-0.15, -0.1) is 0 Å². The van der Waals surface area contributed by atoms with Crippen molar-refractivity contribution in [1.82, 2.24) is 10.6 Å². The number of carbonyl (C=O) groups is 1. The number of benzene rings is 1. The lowest BCUT2D eigenvalue weighted by Crippen LogP contribution is -2.37. The second kappa shape index (κ2) is 5.46. The topological polar surface area (TPSA) is 41.1 Å². The first kappa shape index (κ1) is 11.6. The predicted molar refractivity (Wildman–Crippen MR) is 67.3 cm³/mol. The van der Waals surface area contributed by atoms with Crippen molar-refractivity contribution in [2.45, 2.75) is 18.9 Å². The fourth-order valence-corrected chi connectivity index (χ4v) is 2.11. The summed E-state index contributed by atoms with van der Waals surface area (Å²) in [6, 6.07) is 8.16. The second-order valence-corrected chi connectivity index (χ2v) is 4.98. The molecule has 1 atom stereocenters. The monoisotopic (exact) mass is 282 g/mol. The van der Waals surface area contributed by atoms with Gasteiger partial charge < -0.3 is 10.6 Å². The normalized spacial score (nSPS) is 19.7. The molecule has 1 aromatic rings. The zero-order valence-corrected chi connectivity index (χ0v) is 10.6. The summed E-state index contributed by atoms with van der Waals surface area (Å²) >= 11 is 3.37. The fraction of sp³-hybridized carbons (Fsp3) is 0.417. The Morgan fingerprint density at radius 1 is 1.44 bits per heavy atom. The molecule has 2 rings (SSSR count). The van der Waals surface area contributed by atoms with E-state index < -0.39 is 0 Å². The van der Waals surface area contributed by atoms with Gasteiger partial charge in [0.1, 0.15) is 0 Å². The van der Waals surface area contributed by atoms with Crippen LogP contribution < -0.4 is 10.6 Å². The van der Waals surface area contributed by atoms with Crippen LogP contribution in [0, 0.1) is 0 Å². The van der Waals surface area contributed by atoms with Crippen molar-refractivity contribution in [2.75, 3.05) is 13.1 Å². The third kappa shape index (κ3) is 3.32. The van der Waals surface area contributed by atoms with E-state index in [9.17, 15) is 4.79 Å². The van der Waals surface area contributed by atoms with Gasteiger partial charge in [-0.2, -0.15) is 0 Å². The molecule has 1 aromatic carbocycles. The maximum atomic E-state index is 11.7. The zero-order chi connectivity index (χ0) is 11.4. The van der Waals surface area contributed by atoms with E-state index in [1.165, 1.54) is 0 Å². The van der Waals surface area contributed by atoms with Crippen molar-refractivity contribution in [1.29, 1.82) is 0 Å². The molecule has 0 spiro atoms. The standard InChI is InChI=1S/C12H15BrN2O/c13-10-3-1-9(2-4-10)7-12(16)15-11-5-6-14-8-11/h1-4,11,14H,5-8H2,(H,15,16). The highest BCUT2D eigenvalue weighted by molar-refractivity contribution is 9.10. The molecule has 1 aliphatic rings. The molecule has 3 nitrogen and oxygen atoms in total. The average Bonchev–Trinajstić information content (AvgIpc) is 2.74. The van der Waals surface area contributed by atoms with Gasteiger partial charge in [0.15, 0.2) is 0 Å². The van der Waals surface area contributed by atoms with Gasteiger partial charge in [-0.3, -0.25) is 4.79 Å². The van der Waals surface area contributed by atoms with E-state index >= 15 is 0 Å². The number of amides is 1. The molecule has 0 bridgehead atoms. The van der Waals surface area contributed by atoms with E-state index in [1.54, 1.807) is 0 Å². The molecule has 86 valence electrons. The minimum absolute atomic E-state index is 0.107. The van der Waals surface area contributed by atoms with Gasteiger partial charge in [0.05, 0.1) is 6.42 Å². The van der Waals surface area contributed by atoms with Crippen LogP contribution in [-0.4, -0.2) is 25.0 Å². The Bertz CT molecular complexity index is 358. The van der Waals surface area contributed by atoms with Crippen LogP contribution in [0.25, 0.3) is 0 Å². The Morgan fingerprint density at radius 2 is 2.19 bits per heavy atom. The molecule has 16 heavy (non-hydrogen) atoms. The van der Waals surface area contributed by atoms with Crippen LogP contribution in [0.1, 0.15) is 12.0 Å². The summed E-state index contributed by atoms with van der Waals surface area (Å²) in [4.78, 5) is 11.7. The molecular weight excluding hydrogens is 268 g/mol. The van der Waals surface area contributed by atoms with Crippen molar-refractivity contribution < 1.29 is 4.79 Å². The first-order chi connectivity index (χ1) is 7.74. The Balaban J connectivity index is 1.84. The summed E-state index contributed by atoms with van der Waals surface area (Å²) in [5.74, 6) is 0.107. The van der Waals surface area contributed by atoms with Gasteiger partial charge in [0.25, 0.3) is 0 Å². The summed E-state index contributed by atoms with van der Waals surface area (Å²) in [6.45, 7) is 1.90. The summed E-state index contributed by atoms with van der Waals surface area (Å²) in [6.07, 6.45) is 1.50. The van der Waals surface area contributed by atoms with Crippen molar-refractivity contribution in [3.05, 3.63) is 34.3 Å². The maximum Gasteiger partial charge on any atom is 0.224 e. The van der Waals surface area contributed by atoms with Crippen molar-refractivity contribution in [3.63, 3.8) is 0 Å². The van der Waals surface area contributed by atoms with E-state index in [4.69, 9.17) is 0 Å². The van der Waals surface area contributed by atoms with Crippen LogP contribution >= 0.6 is 15.9 Å². The summed E-state index contributed by atoms with van der Waals surface area (Å²) in [5.41, 5.74) is 1.05. The highest BCUT2D eigenvalue weighted by Crippen LogP contribution is 2.11. The van der Waals surface area contributed by atoms with E-state index in [0.717, 1.165) is 29.5 Å². The van der Waals surface area contributed by atoms with Gasteiger partial charge in [0, 0.05) is 17.1 Å². The van der Waals surface area contributed by atoms with E-state index in [2.05, 4.69) is 26.6 Å². The van der Waals surface area contributed by atoms with Crippen molar-refractivity contribution in [3.8, 4) is 0 Å². The van der Waals surface area contributed by atoms with Crippen LogP contribution in [0.2, 0.25) is 0 Å². The molecule has 1 amide bonds. The summed E-state index contributed by atoms with van der Waals surface area (Å²) in [7, 11) is 0. The van der Waals surface area contributed by atoms with Crippen molar-refractivity contribution in [2.24, 2.45) is 0 Å². The highest BCUT2D eigenvalue weighted by atomic mass is 79.9. The largest absolute Gasteiger partial charge is 0.352 e. The molecule has 1 fully saturated rings. The Morgan fingerprint density at radius 3 is 2.81 bits per heavy atom. The minimum atomic E-state index is 0.107. The smallest absolute Gasteiger partial charge is 0.224 e. The first-order valence-corrected chi connectivity index (χ1v) is 6.28. The van der Waals surface area contributed by atoms with Gasteiger partial charge in [0.2, 0.25) is 5.91 Å². The fourth-order valence-electron chi connectivity index (χ4n) is 1.84. The number of hydrogen-bond acceptors (Lipinski definition) is 2. The third-order valence-corrected chi connectivity index (χ3v) is 3.23. The number of halogens is 1. The lowest BCUT2D eigenvalue weighted by Gasteiger charge is -2.11. The molecular formula is C12H15BrN2O. The van der Waals surface area contributed by atoms with Crippen LogP contribution in [-0.2, 0) is 11.2 Å². The first-order valence-electron chi connectivity index (χ1n) is 5.48. The average molecular weight is 283 g/mol. The van der Waals surface area contributed by atoms with E-state index in [1.807, 2.05) is 24.3 Å². The second-order valence-electron chi connectivity index (χ2n) is 4.06. The maximum absolute atomic E-state index is 11.7. The molecule has 1 saturated heterocycles. The van der Waals surface area contributed by atoms with Gasteiger partial charge in [-0.05, 0) is 30.7 Å². The van der Waals surface area contributed by atoms with Gasteiger partial charge in [-0.25, -0.2) is 0 Å². The molecule has 0 aliphatic carbocycles. The van der Waals surface area contributed by atoms with Crippen molar-refractivity contribution >= 4 is 21.8 Å². The third-order valence-electron chi connectivity index (χ3n) is 2.70. The number of carbonyl (C=O) groups excluding carboxylic acids is 1. The Kier molecular flexibility index (Phi) is 3.96. The predicted octanol–water partition coefficient (Wildman–Crippen LogP) is 1.47. The molecule has 1 heterocycles. The number of hydrogen-bond donors (Lipinski definition) is 2. The molecule has 0 saturated carbocycles. The van der Waals surface area contributed by atoms with E-state index in [0.29, 0.717) is 12.5 Å². The van der Waals surface area contributed by atoms with Gasteiger partial charge >= 0.3 is 0 Å². The molecule has 0 radical (unpaired) electrons. The highest BCUT2D eigenvalue weighted by Gasteiger charge is 2.16. The van der Waals surface area contributed by atoms with Crippen LogP contribution in [0.3, 0.4) is 0 Å². The summed E-state index contributed by atoms with van der Waals surface area (Å²) in [5, 5.41) is 6.26. The minimum Gasteiger partial charge on any atom is -0.352 e. The Labute approximate surface area is 104 Å². The SMILES string of the molecule is O=C(Cc1ccc(Br)cc1)NC1CCNC1. The molecule has 2 N–H and O–H groups in total. The number of rotatable bonds is 3. The van der Waals surface area contributed by atoms with Crippen LogP contribution in [0.15, 0.2) is 28.7 Å². The lowest BCUT2D eigenvalue weighted by atomic mass is 10.1. The molecule has 1 unspecified atom stereocenters. The molecule has 1 aliphatic heterocycles. The number of nitrogens with one attached hydrogen (secondary N) is 2. The lowest BCUT2D eigenvalue weighted by molar-refractivity contribution is -0.121. The van der Waals surface area contributed by atoms with Gasteiger partial charge in [-0.1, -0.05) is 28.1 Å². The Hall–Kier alpha value is -0.870. The molecule has 4 heteroatoms. The molecule has 0 aromatic heterocycles. The van der Waals surface area contributed by atoms with Crippen LogP contribution in [0.5, 0.6) is 0 Å².